The summed E-state index contributed by atoms with van der Waals surface area (Å²) in [6.45, 7) is 5.20. The SMILES string of the molecule is CC1CC(OOCc2ccc(C(=O)OC3CC(C)C3)cc2)C1.O=C(OC1CCCCC1)c1ccc(COOC2CCCCC2)cc1. The van der Waals surface area contributed by atoms with Gasteiger partial charge in [0.1, 0.15) is 25.4 Å². The number of carbonyl (C=O) groups is 2. The molecule has 0 aliphatic heterocycles. The van der Waals surface area contributed by atoms with Gasteiger partial charge in [-0.1, -0.05) is 63.8 Å². The molecule has 8 heteroatoms. The minimum Gasteiger partial charge on any atom is -0.459 e. The summed E-state index contributed by atoms with van der Waals surface area (Å²) < 4.78 is 11.0. The van der Waals surface area contributed by atoms with Crippen molar-refractivity contribution >= 4 is 11.9 Å². The predicted octanol–water partition coefficient (Wildman–Crippen LogP) is 8.85. The molecular formula is C38H52O8. The number of carbonyl (C=O) groups excluding carboxylic acids is 2. The zero-order chi connectivity index (χ0) is 32.1. The molecule has 2 aromatic carbocycles. The maximum atomic E-state index is 12.2. The van der Waals surface area contributed by atoms with Gasteiger partial charge in [0.15, 0.2) is 0 Å². The van der Waals surface area contributed by atoms with E-state index in [1.807, 2.05) is 36.4 Å². The molecule has 4 saturated carbocycles. The first-order valence-electron chi connectivity index (χ1n) is 17.6. The van der Waals surface area contributed by atoms with E-state index in [-0.39, 0.29) is 36.4 Å². The number of ether oxygens (including phenoxy) is 2. The molecule has 0 atom stereocenters. The lowest BCUT2D eigenvalue weighted by Crippen LogP contribution is -2.31. The van der Waals surface area contributed by atoms with Gasteiger partial charge in [-0.3, -0.25) is 0 Å². The van der Waals surface area contributed by atoms with Crippen molar-refractivity contribution in [3.05, 3.63) is 70.8 Å². The molecule has 0 bridgehead atoms. The van der Waals surface area contributed by atoms with E-state index in [1.54, 1.807) is 12.1 Å². The van der Waals surface area contributed by atoms with Crippen LogP contribution in [0.2, 0.25) is 0 Å². The van der Waals surface area contributed by atoms with Crippen molar-refractivity contribution < 1.29 is 38.6 Å². The van der Waals surface area contributed by atoms with Gasteiger partial charge < -0.3 is 9.47 Å². The lowest BCUT2D eigenvalue weighted by Gasteiger charge is -2.31. The Morgan fingerprint density at radius 3 is 1.37 bits per heavy atom. The van der Waals surface area contributed by atoms with Gasteiger partial charge in [-0.25, -0.2) is 29.1 Å². The fourth-order valence-electron chi connectivity index (χ4n) is 6.49. The summed E-state index contributed by atoms with van der Waals surface area (Å²) in [5, 5.41) is 0. The molecule has 0 amide bonds. The monoisotopic (exact) mass is 636 g/mol. The molecule has 4 aliphatic rings. The predicted molar refractivity (Wildman–Crippen MR) is 174 cm³/mol. The van der Waals surface area contributed by atoms with Crippen molar-refractivity contribution in [2.75, 3.05) is 0 Å². The highest BCUT2D eigenvalue weighted by Crippen LogP contribution is 2.31. The van der Waals surface area contributed by atoms with E-state index in [4.69, 9.17) is 29.0 Å². The number of hydrogen-bond donors (Lipinski definition) is 0. The smallest absolute Gasteiger partial charge is 0.338 e. The van der Waals surface area contributed by atoms with Gasteiger partial charge in [0.05, 0.1) is 23.3 Å². The second-order valence-corrected chi connectivity index (χ2v) is 13.8. The third-order valence-corrected chi connectivity index (χ3v) is 9.55. The highest BCUT2D eigenvalue weighted by Gasteiger charge is 2.29. The van der Waals surface area contributed by atoms with Crippen LogP contribution < -0.4 is 0 Å². The molecule has 46 heavy (non-hydrogen) atoms. The number of benzene rings is 2. The van der Waals surface area contributed by atoms with Gasteiger partial charge >= 0.3 is 11.9 Å². The molecule has 0 aromatic heterocycles. The normalized spacial score (nSPS) is 24.9. The summed E-state index contributed by atoms with van der Waals surface area (Å²) in [4.78, 5) is 45.6. The highest BCUT2D eigenvalue weighted by molar-refractivity contribution is 5.90. The van der Waals surface area contributed by atoms with Crippen LogP contribution in [0.1, 0.15) is 136 Å². The van der Waals surface area contributed by atoms with Gasteiger partial charge in [0.25, 0.3) is 0 Å². The van der Waals surface area contributed by atoms with Crippen molar-refractivity contribution in [1.29, 1.82) is 0 Å². The van der Waals surface area contributed by atoms with Gasteiger partial charge in [0, 0.05) is 0 Å². The van der Waals surface area contributed by atoms with Gasteiger partial charge in [0.2, 0.25) is 0 Å². The van der Waals surface area contributed by atoms with Crippen LogP contribution in [0.4, 0.5) is 0 Å². The fourth-order valence-corrected chi connectivity index (χ4v) is 6.49. The van der Waals surface area contributed by atoms with Crippen LogP contribution in [0.25, 0.3) is 0 Å². The molecule has 0 radical (unpaired) electrons. The van der Waals surface area contributed by atoms with E-state index in [1.165, 1.54) is 25.7 Å². The van der Waals surface area contributed by atoms with Gasteiger partial charge in [-0.05, 0) is 111 Å². The molecule has 0 unspecified atom stereocenters. The van der Waals surface area contributed by atoms with E-state index in [0.717, 1.165) is 81.3 Å². The van der Waals surface area contributed by atoms with Crippen molar-refractivity contribution in [1.82, 2.24) is 0 Å². The first-order valence-corrected chi connectivity index (χ1v) is 17.6. The molecule has 0 saturated heterocycles. The minimum atomic E-state index is -0.232. The molecule has 0 heterocycles. The Bertz CT molecular complexity index is 1190. The molecule has 4 aliphatic carbocycles. The number of rotatable bonds is 12. The van der Waals surface area contributed by atoms with E-state index in [0.29, 0.717) is 30.3 Å². The Kier molecular flexibility index (Phi) is 13.5. The lowest BCUT2D eigenvalue weighted by atomic mass is 9.84. The first kappa shape index (κ1) is 34.6. The van der Waals surface area contributed by atoms with Crippen LogP contribution >= 0.6 is 0 Å². The first-order chi connectivity index (χ1) is 22.4. The zero-order valence-corrected chi connectivity index (χ0v) is 27.7. The Hall–Kier alpha value is -2.78. The Morgan fingerprint density at radius 1 is 0.522 bits per heavy atom. The number of esters is 2. The third kappa shape index (κ3) is 11.2. The quantitative estimate of drug-likeness (QED) is 0.130. The third-order valence-electron chi connectivity index (χ3n) is 9.55. The largest absolute Gasteiger partial charge is 0.459 e. The van der Waals surface area contributed by atoms with Crippen LogP contribution in [0, 0.1) is 11.8 Å². The van der Waals surface area contributed by atoms with Crippen LogP contribution in [0.15, 0.2) is 48.5 Å². The molecule has 0 spiro atoms. The maximum Gasteiger partial charge on any atom is 0.338 e. The summed E-state index contributed by atoms with van der Waals surface area (Å²) in [6, 6.07) is 14.8. The van der Waals surface area contributed by atoms with Crippen molar-refractivity contribution in [2.24, 2.45) is 11.8 Å². The Morgan fingerprint density at radius 2 is 0.913 bits per heavy atom. The number of hydrogen-bond acceptors (Lipinski definition) is 8. The Labute approximate surface area is 274 Å². The lowest BCUT2D eigenvalue weighted by molar-refractivity contribution is -0.350. The molecule has 6 rings (SSSR count). The average Bonchev–Trinajstić information content (AvgIpc) is 3.05. The van der Waals surface area contributed by atoms with Crippen LogP contribution in [0.5, 0.6) is 0 Å². The van der Waals surface area contributed by atoms with E-state index in [2.05, 4.69) is 13.8 Å². The van der Waals surface area contributed by atoms with Crippen LogP contribution in [-0.2, 0) is 42.2 Å². The van der Waals surface area contributed by atoms with Gasteiger partial charge in [-0.2, -0.15) is 0 Å². The van der Waals surface area contributed by atoms with Gasteiger partial charge in [-0.15, -0.1) is 0 Å². The van der Waals surface area contributed by atoms with E-state index in [9.17, 15) is 9.59 Å². The summed E-state index contributed by atoms with van der Waals surface area (Å²) >= 11 is 0. The van der Waals surface area contributed by atoms with Crippen LogP contribution in [0.3, 0.4) is 0 Å². The summed E-state index contributed by atoms with van der Waals surface area (Å²) in [5.41, 5.74) is 3.19. The van der Waals surface area contributed by atoms with Crippen LogP contribution in [-0.4, -0.2) is 36.4 Å². The molecular weight excluding hydrogens is 584 g/mol. The maximum absolute atomic E-state index is 12.2. The molecule has 0 N–H and O–H groups in total. The second kappa shape index (κ2) is 17.9. The van der Waals surface area contributed by atoms with Crippen molar-refractivity contribution in [2.45, 2.75) is 141 Å². The minimum absolute atomic E-state index is 0.0955. The van der Waals surface area contributed by atoms with Crippen molar-refractivity contribution in [3.8, 4) is 0 Å². The fraction of sp³-hybridized carbons (Fsp3) is 0.632. The highest BCUT2D eigenvalue weighted by atomic mass is 17.2. The molecule has 4 fully saturated rings. The van der Waals surface area contributed by atoms with Crippen molar-refractivity contribution in [3.63, 3.8) is 0 Å². The molecule has 8 nitrogen and oxygen atoms in total. The summed E-state index contributed by atoms with van der Waals surface area (Å²) in [6.07, 6.45) is 16.3. The molecule has 2 aromatic rings. The van der Waals surface area contributed by atoms with E-state index < -0.39 is 0 Å². The van der Waals surface area contributed by atoms with E-state index >= 15 is 0 Å². The standard InChI is InChI=1S/C20H28O4.C18H24O4/c21-20(23-18-7-3-1-4-8-18)17-13-11-16(12-14-17)15-22-24-19-9-5-2-6-10-19;1-12-7-16(8-12)21-18(19)15-5-3-14(4-6-15)11-20-22-17-9-13(2)10-17/h11-14,18-19H,1-10,15H2;3-6,12-13,16-17H,7-11H2,1-2H3. The molecule has 252 valence electrons. The topological polar surface area (TPSA) is 89.5 Å². The Balaban J connectivity index is 0.000000182. The average molecular weight is 637 g/mol. The summed E-state index contributed by atoms with van der Waals surface area (Å²) in [7, 11) is 0. The summed E-state index contributed by atoms with van der Waals surface area (Å²) in [5.74, 6) is 0.977. The second-order valence-electron chi connectivity index (χ2n) is 13.8. The zero-order valence-electron chi connectivity index (χ0n) is 27.7.